The summed E-state index contributed by atoms with van der Waals surface area (Å²) in [5.41, 5.74) is 16.2. The first-order chi connectivity index (χ1) is 29.8. The van der Waals surface area contributed by atoms with Gasteiger partial charge >= 0.3 is 0 Å². The molecule has 0 aliphatic heterocycles. The van der Waals surface area contributed by atoms with Crippen molar-refractivity contribution in [1.82, 2.24) is 4.57 Å². The molecule has 0 fully saturated rings. The van der Waals surface area contributed by atoms with E-state index in [1.807, 2.05) is 0 Å². The molecule has 282 valence electrons. The Balaban J connectivity index is 1.24. The molecule has 0 saturated carbocycles. The van der Waals surface area contributed by atoms with Gasteiger partial charge in [-0.1, -0.05) is 188 Å². The van der Waals surface area contributed by atoms with Crippen LogP contribution in [0.25, 0.3) is 82.8 Å². The highest BCUT2D eigenvalue weighted by Gasteiger charge is 2.25. The van der Waals surface area contributed by atoms with Crippen molar-refractivity contribution in [1.29, 1.82) is 0 Å². The van der Waals surface area contributed by atoms with Crippen LogP contribution < -0.4 is 4.90 Å². The lowest BCUT2D eigenvalue weighted by molar-refractivity contribution is 1.18. The fraction of sp³-hybridized carbons (Fsp3) is 0. The van der Waals surface area contributed by atoms with Gasteiger partial charge in [0.2, 0.25) is 0 Å². The zero-order valence-electron chi connectivity index (χ0n) is 33.0. The monoisotopic (exact) mass is 764 g/mol. The van der Waals surface area contributed by atoms with Gasteiger partial charge in [-0.3, -0.25) is 0 Å². The molecule has 2 heteroatoms. The normalized spacial score (nSPS) is 11.3. The van der Waals surface area contributed by atoms with Crippen LogP contribution in [0.3, 0.4) is 0 Å². The van der Waals surface area contributed by atoms with Crippen molar-refractivity contribution < 1.29 is 0 Å². The minimum absolute atomic E-state index is 1.08. The number of para-hydroxylation sites is 2. The Hall–Kier alpha value is -7.94. The minimum Gasteiger partial charge on any atom is -0.309 e. The van der Waals surface area contributed by atoms with Gasteiger partial charge in [0.1, 0.15) is 0 Å². The number of fused-ring (bicyclic) bond motifs is 4. The van der Waals surface area contributed by atoms with E-state index in [4.69, 9.17) is 0 Å². The van der Waals surface area contributed by atoms with Crippen LogP contribution in [0.5, 0.6) is 0 Å². The number of hydrogen-bond donors (Lipinski definition) is 0. The fourth-order valence-corrected chi connectivity index (χ4v) is 9.07. The first-order valence-corrected chi connectivity index (χ1v) is 20.6. The number of aromatic nitrogens is 1. The topological polar surface area (TPSA) is 8.17 Å². The Bertz CT molecular complexity index is 3290. The molecule has 11 rings (SSSR count). The smallest absolute Gasteiger partial charge is 0.0562 e. The summed E-state index contributed by atoms with van der Waals surface area (Å²) in [5, 5.41) is 4.87. The van der Waals surface area contributed by atoms with E-state index >= 15 is 0 Å². The standard InChI is InChI=1S/C58H40N2/c1-5-19-41(20-6-1)50-37-36-47(40-52(50)43-21-7-2-8-22-43)60(57-34-18-33-56-58(57)51-30-15-16-32-54(51)59(56)46-27-11-4-12-28-46)55-38-35-45(39-53(55)44-23-9-3-10-24-44)49-31-17-26-42-25-13-14-29-48(42)49/h1-40H. The summed E-state index contributed by atoms with van der Waals surface area (Å²) in [4.78, 5) is 2.50. The van der Waals surface area contributed by atoms with Crippen molar-refractivity contribution in [2.24, 2.45) is 0 Å². The van der Waals surface area contributed by atoms with E-state index < -0.39 is 0 Å². The van der Waals surface area contributed by atoms with Crippen LogP contribution in [0.2, 0.25) is 0 Å². The van der Waals surface area contributed by atoms with Gasteiger partial charge < -0.3 is 9.47 Å². The summed E-state index contributed by atoms with van der Waals surface area (Å²) >= 11 is 0. The van der Waals surface area contributed by atoms with E-state index in [1.54, 1.807) is 0 Å². The van der Waals surface area contributed by atoms with E-state index in [-0.39, 0.29) is 0 Å². The molecule has 0 unspecified atom stereocenters. The molecule has 60 heavy (non-hydrogen) atoms. The molecule has 0 atom stereocenters. The third-order valence-corrected chi connectivity index (χ3v) is 11.8. The molecule has 1 heterocycles. The zero-order chi connectivity index (χ0) is 39.8. The first-order valence-electron chi connectivity index (χ1n) is 20.6. The average Bonchev–Trinajstić information content (AvgIpc) is 3.68. The Morgan fingerprint density at radius 3 is 1.60 bits per heavy atom. The molecule has 1 aromatic heterocycles. The maximum atomic E-state index is 2.50. The molecular formula is C58H40N2. The number of rotatable bonds is 8. The number of hydrogen-bond acceptors (Lipinski definition) is 1. The van der Waals surface area contributed by atoms with Gasteiger partial charge in [0, 0.05) is 27.7 Å². The fourth-order valence-electron chi connectivity index (χ4n) is 9.07. The summed E-state index contributed by atoms with van der Waals surface area (Å²) in [7, 11) is 0. The molecule has 11 aromatic rings. The predicted octanol–water partition coefficient (Wildman–Crippen LogP) is 16.1. The molecule has 2 nitrogen and oxygen atoms in total. The van der Waals surface area contributed by atoms with Gasteiger partial charge in [0.25, 0.3) is 0 Å². The van der Waals surface area contributed by atoms with Gasteiger partial charge in [-0.2, -0.15) is 0 Å². The molecule has 0 N–H and O–H groups in total. The Kier molecular flexibility index (Phi) is 8.87. The van der Waals surface area contributed by atoms with E-state index in [1.165, 1.54) is 60.4 Å². The molecule has 10 aromatic carbocycles. The number of benzene rings is 10. The number of anilines is 3. The molecule has 0 aliphatic carbocycles. The lowest BCUT2D eigenvalue weighted by Gasteiger charge is -2.30. The Morgan fingerprint density at radius 2 is 0.867 bits per heavy atom. The third kappa shape index (κ3) is 6.14. The Morgan fingerprint density at radius 1 is 0.300 bits per heavy atom. The van der Waals surface area contributed by atoms with Crippen LogP contribution >= 0.6 is 0 Å². The van der Waals surface area contributed by atoms with E-state index in [9.17, 15) is 0 Å². The van der Waals surface area contributed by atoms with Gasteiger partial charge in [-0.15, -0.1) is 0 Å². The van der Waals surface area contributed by atoms with Crippen molar-refractivity contribution in [3.8, 4) is 50.2 Å². The van der Waals surface area contributed by atoms with Crippen molar-refractivity contribution in [2.75, 3.05) is 4.90 Å². The average molecular weight is 765 g/mol. The summed E-state index contributed by atoms with van der Waals surface area (Å²) in [6.07, 6.45) is 0. The second kappa shape index (κ2) is 15.1. The maximum absolute atomic E-state index is 2.50. The SMILES string of the molecule is c1ccc(-c2ccc(N(c3ccc(-c4cccc5ccccc45)cc3-c3ccccc3)c3cccc4c3c3ccccc3n4-c3ccccc3)cc2-c2ccccc2)cc1. The van der Waals surface area contributed by atoms with Crippen molar-refractivity contribution >= 4 is 49.6 Å². The van der Waals surface area contributed by atoms with Crippen molar-refractivity contribution in [3.05, 3.63) is 243 Å². The van der Waals surface area contributed by atoms with Crippen LogP contribution in [0, 0.1) is 0 Å². The van der Waals surface area contributed by atoms with Crippen LogP contribution in [-0.4, -0.2) is 4.57 Å². The summed E-state index contributed by atoms with van der Waals surface area (Å²) in [6.45, 7) is 0. The number of nitrogens with zero attached hydrogens (tertiary/aromatic N) is 2. The van der Waals surface area contributed by atoms with E-state index in [0.29, 0.717) is 0 Å². The molecule has 0 bridgehead atoms. The van der Waals surface area contributed by atoms with Crippen molar-refractivity contribution in [2.45, 2.75) is 0 Å². The highest BCUT2D eigenvalue weighted by molar-refractivity contribution is 6.17. The first kappa shape index (κ1) is 35.2. The van der Waals surface area contributed by atoms with E-state index in [2.05, 4.69) is 252 Å². The second-order valence-electron chi connectivity index (χ2n) is 15.3. The highest BCUT2D eigenvalue weighted by atomic mass is 15.2. The van der Waals surface area contributed by atoms with Gasteiger partial charge in [0.15, 0.2) is 0 Å². The van der Waals surface area contributed by atoms with Crippen LogP contribution in [-0.2, 0) is 0 Å². The molecular weight excluding hydrogens is 725 g/mol. The van der Waals surface area contributed by atoms with Crippen molar-refractivity contribution in [3.63, 3.8) is 0 Å². The summed E-state index contributed by atoms with van der Waals surface area (Å²) < 4.78 is 2.40. The van der Waals surface area contributed by atoms with Crippen LogP contribution in [0.1, 0.15) is 0 Å². The lowest BCUT2D eigenvalue weighted by Crippen LogP contribution is -2.12. The van der Waals surface area contributed by atoms with Gasteiger partial charge in [-0.25, -0.2) is 0 Å². The minimum atomic E-state index is 1.08. The van der Waals surface area contributed by atoms with Gasteiger partial charge in [0.05, 0.1) is 22.4 Å². The van der Waals surface area contributed by atoms with Crippen LogP contribution in [0.4, 0.5) is 17.1 Å². The zero-order valence-corrected chi connectivity index (χ0v) is 33.0. The van der Waals surface area contributed by atoms with Crippen LogP contribution in [0.15, 0.2) is 243 Å². The molecule has 0 aliphatic rings. The van der Waals surface area contributed by atoms with Gasteiger partial charge in [-0.05, 0) is 104 Å². The lowest BCUT2D eigenvalue weighted by atomic mass is 9.92. The Labute approximate surface area is 350 Å². The second-order valence-corrected chi connectivity index (χ2v) is 15.3. The molecule has 0 amide bonds. The third-order valence-electron chi connectivity index (χ3n) is 11.8. The maximum Gasteiger partial charge on any atom is 0.0562 e. The largest absolute Gasteiger partial charge is 0.309 e. The highest BCUT2D eigenvalue weighted by Crippen LogP contribution is 2.49. The van der Waals surface area contributed by atoms with E-state index in [0.717, 1.165) is 39.4 Å². The summed E-state index contributed by atoms with van der Waals surface area (Å²) in [5.74, 6) is 0. The predicted molar refractivity (Wildman–Crippen MR) is 255 cm³/mol. The summed E-state index contributed by atoms with van der Waals surface area (Å²) in [6, 6.07) is 88.0. The molecule has 0 spiro atoms. The molecule has 0 radical (unpaired) electrons. The quantitative estimate of drug-likeness (QED) is 0.150. The molecule has 0 saturated heterocycles.